The number of ether oxygens (including phenoxy) is 2. The molecule has 4 nitrogen and oxygen atoms in total. The van der Waals surface area contributed by atoms with Gasteiger partial charge in [-0.2, -0.15) is 9.80 Å². The molecule has 1 aliphatic heterocycles. The normalized spacial score (nSPS) is 14.9. The van der Waals surface area contributed by atoms with Crippen molar-refractivity contribution in [2.75, 3.05) is 29.6 Å². The van der Waals surface area contributed by atoms with E-state index >= 15 is 0 Å². The molecule has 1 atom stereocenters. The Morgan fingerprint density at radius 3 is 1.98 bits per heavy atom. The molecule has 1 heterocycles. The predicted molar refractivity (Wildman–Crippen MR) is 176 cm³/mol. The van der Waals surface area contributed by atoms with Crippen LogP contribution in [0.25, 0.3) is 0 Å². The Labute approximate surface area is 261 Å². The fourth-order valence-electron chi connectivity index (χ4n) is 5.64. The SMILES string of the molecule is CC(C)[OH+]c1ccccc1[CH]=[Ru]([Cl])[Cl].CCOCC1CN(c2c(C)cc(C)cc2C)[CH+]N1c1c(C)cc(C)cc1C. The van der Waals surface area contributed by atoms with Crippen molar-refractivity contribution in [3.05, 3.63) is 94.1 Å². The average Bonchev–Trinajstić information content (AvgIpc) is 3.25. The monoisotopic (exact) mass is 686 g/mol. The molecule has 4 rings (SSSR count). The first kappa shape index (κ1) is 33.5. The molecular weight excluding hydrogens is 640 g/mol. The molecule has 0 aromatic heterocycles. The van der Waals surface area contributed by atoms with Crippen LogP contribution < -0.4 is 9.80 Å². The second-order valence-electron chi connectivity index (χ2n) is 11.1. The van der Waals surface area contributed by atoms with E-state index in [0.717, 1.165) is 31.1 Å². The molecule has 0 saturated carbocycles. The number of halogens is 2. The molecule has 3 aromatic rings. The minimum Gasteiger partial charge on any atom is -0.379 e. The second-order valence-corrected chi connectivity index (χ2v) is 16.8. The van der Waals surface area contributed by atoms with Gasteiger partial charge in [0.15, 0.2) is 0 Å². The van der Waals surface area contributed by atoms with Crippen LogP contribution in [-0.2, 0) is 18.3 Å². The maximum Gasteiger partial charge on any atom is 0.295 e. The fraction of sp³-hybridized carbons (Fsp3) is 0.412. The van der Waals surface area contributed by atoms with Gasteiger partial charge in [0.25, 0.3) is 6.67 Å². The zero-order valence-corrected chi connectivity index (χ0v) is 29.2. The largest absolute Gasteiger partial charge is 0.379 e. The van der Waals surface area contributed by atoms with Crippen LogP contribution in [0.1, 0.15) is 59.7 Å². The van der Waals surface area contributed by atoms with Gasteiger partial charge >= 0.3 is 97.8 Å². The van der Waals surface area contributed by atoms with Gasteiger partial charge in [0.1, 0.15) is 6.04 Å². The number of aryl methyl sites for hydroxylation is 6. The molecule has 1 fully saturated rings. The summed E-state index contributed by atoms with van der Waals surface area (Å²) in [6.07, 6.45) is 0.288. The first-order valence-corrected chi connectivity index (χ1v) is 19.7. The third-order valence-electron chi connectivity index (χ3n) is 6.92. The van der Waals surface area contributed by atoms with E-state index in [2.05, 4.69) is 93.9 Å². The van der Waals surface area contributed by atoms with E-state index < -0.39 is 13.5 Å². The molecule has 0 amide bonds. The van der Waals surface area contributed by atoms with Gasteiger partial charge in [-0.1, -0.05) is 35.4 Å². The standard InChI is InChI=1S/C24H33N2O.C10H12O.2ClH.Ru/c1-8-27-14-22-13-25(23-18(4)9-16(2)10-19(23)5)15-26(22)24-20(6)11-17(3)12-21(24)7;1-8(2)11-10-7-5-4-6-9(10)3;;;/h9-12,15,22H,8,13-14H2,1-7H3;3-8H,1-2H3;2*1H;/q+1;;;;+2/p-1. The maximum absolute atomic E-state index is 5.85. The van der Waals surface area contributed by atoms with Crippen LogP contribution in [0.4, 0.5) is 11.4 Å². The van der Waals surface area contributed by atoms with Crippen LogP contribution in [0.5, 0.6) is 5.75 Å². The third-order valence-corrected chi connectivity index (χ3v) is 8.75. The van der Waals surface area contributed by atoms with Crippen molar-refractivity contribution in [3.8, 4) is 5.75 Å². The molecule has 1 unspecified atom stereocenters. The number of hydrogen-bond acceptors (Lipinski definition) is 3. The summed E-state index contributed by atoms with van der Waals surface area (Å²) in [5.74, 6) is 0.975. The van der Waals surface area contributed by atoms with E-state index in [4.69, 9.17) is 24.1 Å². The number of anilines is 2. The van der Waals surface area contributed by atoms with Gasteiger partial charge in [-0.3, -0.25) is 0 Å². The minimum atomic E-state index is -1.75. The van der Waals surface area contributed by atoms with Crippen LogP contribution >= 0.6 is 19.4 Å². The Kier molecular flexibility index (Phi) is 12.6. The van der Waals surface area contributed by atoms with E-state index in [1.54, 1.807) is 0 Å². The number of nitrogens with zero attached hydrogens (tertiary/aromatic N) is 2. The Balaban J connectivity index is 0.000000278. The van der Waals surface area contributed by atoms with Gasteiger partial charge in [0.2, 0.25) is 0 Å². The Bertz CT molecular complexity index is 1310. The van der Waals surface area contributed by atoms with Crippen molar-refractivity contribution in [2.45, 2.75) is 74.5 Å². The summed E-state index contributed by atoms with van der Waals surface area (Å²) in [6, 6.07) is 17.3. The van der Waals surface area contributed by atoms with Crippen molar-refractivity contribution in [1.82, 2.24) is 0 Å². The van der Waals surface area contributed by atoms with Crippen molar-refractivity contribution in [2.24, 2.45) is 0 Å². The third kappa shape index (κ3) is 9.22. The molecule has 1 saturated heterocycles. The average molecular weight is 687 g/mol. The van der Waals surface area contributed by atoms with Crippen LogP contribution in [0.15, 0.2) is 48.5 Å². The topological polar surface area (TPSA) is 28.5 Å². The zero-order valence-electron chi connectivity index (χ0n) is 25.9. The summed E-state index contributed by atoms with van der Waals surface area (Å²) in [4.78, 5) is 4.84. The van der Waals surface area contributed by atoms with Crippen LogP contribution in [0, 0.1) is 48.2 Å². The van der Waals surface area contributed by atoms with E-state index in [9.17, 15) is 0 Å². The molecule has 1 N–H and O–H groups in total. The number of benzene rings is 3. The molecule has 1 aliphatic rings. The number of hydrogen-bond donors (Lipinski definition) is 0. The molecule has 0 aliphatic carbocycles. The number of aromatic hydroxyl groups is 1. The molecule has 224 valence electrons. The Morgan fingerprint density at radius 2 is 1.46 bits per heavy atom. The van der Waals surface area contributed by atoms with Gasteiger partial charge in [0.05, 0.1) is 24.5 Å². The first-order chi connectivity index (χ1) is 19.4. The number of para-hydroxylation sites is 1. The first-order valence-electron chi connectivity index (χ1n) is 14.2. The van der Waals surface area contributed by atoms with Gasteiger partial charge in [0, 0.05) is 6.61 Å². The summed E-state index contributed by atoms with van der Waals surface area (Å²) >= 11 is -1.75. The predicted octanol–water partition coefficient (Wildman–Crippen LogP) is 8.80. The van der Waals surface area contributed by atoms with E-state index in [0.29, 0.717) is 6.04 Å². The molecule has 0 spiro atoms. The van der Waals surface area contributed by atoms with E-state index in [-0.39, 0.29) is 6.10 Å². The molecule has 0 bridgehead atoms. The second kappa shape index (κ2) is 15.4. The Morgan fingerprint density at radius 1 is 0.927 bits per heavy atom. The molecular formula is C34H46Cl2N2O2Ru+2. The van der Waals surface area contributed by atoms with Crippen LogP contribution in [-0.4, -0.2) is 41.3 Å². The van der Waals surface area contributed by atoms with Crippen LogP contribution in [0.2, 0.25) is 0 Å². The smallest absolute Gasteiger partial charge is 0.295 e. The van der Waals surface area contributed by atoms with E-state index in [1.165, 1.54) is 44.8 Å². The van der Waals surface area contributed by atoms with Crippen molar-refractivity contribution in [3.63, 3.8) is 0 Å². The summed E-state index contributed by atoms with van der Waals surface area (Å²) in [7, 11) is 11.7. The Hall–Kier alpha value is -2.04. The minimum absolute atomic E-state index is 0.288. The summed E-state index contributed by atoms with van der Waals surface area (Å²) < 4.78 is 12.3. The van der Waals surface area contributed by atoms with Crippen molar-refractivity contribution >= 4 is 35.4 Å². The van der Waals surface area contributed by atoms with Crippen molar-refractivity contribution in [1.29, 1.82) is 0 Å². The van der Waals surface area contributed by atoms with Crippen LogP contribution in [0.3, 0.4) is 0 Å². The summed E-state index contributed by atoms with van der Waals surface area (Å²) in [6.45, 7) is 24.1. The summed E-state index contributed by atoms with van der Waals surface area (Å²) in [5.41, 5.74) is 11.6. The zero-order chi connectivity index (χ0) is 30.3. The summed E-state index contributed by atoms with van der Waals surface area (Å²) in [5, 5.41) is 0. The van der Waals surface area contributed by atoms with Gasteiger partial charge < -0.3 is 4.74 Å². The van der Waals surface area contributed by atoms with Crippen molar-refractivity contribution < 1.29 is 23.0 Å². The number of aliphatic hydroxyl groups is 1. The fourth-order valence-corrected chi connectivity index (χ4v) is 7.46. The van der Waals surface area contributed by atoms with Gasteiger partial charge in [-0.15, -0.1) is 0 Å². The molecule has 41 heavy (non-hydrogen) atoms. The molecule has 3 aromatic carbocycles. The van der Waals surface area contributed by atoms with E-state index in [1.807, 2.05) is 42.7 Å². The maximum atomic E-state index is 5.85. The molecule has 7 heteroatoms. The van der Waals surface area contributed by atoms with Gasteiger partial charge in [-0.05, 0) is 70.7 Å². The quantitative estimate of drug-likeness (QED) is 0.135. The molecule has 0 radical (unpaired) electrons. The van der Waals surface area contributed by atoms with Gasteiger partial charge in [-0.25, -0.2) is 0 Å². The number of rotatable bonds is 8.